The molecule has 0 radical (unpaired) electrons. The minimum absolute atomic E-state index is 0.00495. The molecular weight excluding hydrogens is 174 g/mol. The predicted octanol–water partition coefficient (Wildman–Crippen LogP) is 2.30. The normalized spacial score (nSPS) is 40.3. The molecule has 0 bridgehead atoms. The molecule has 4 unspecified atom stereocenters. The molecule has 0 aromatic carbocycles. The molecule has 0 heterocycles. The van der Waals surface area contributed by atoms with E-state index in [0.29, 0.717) is 11.8 Å². The average molecular weight is 199 g/mol. The lowest BCUT2D eigenvalue weighted by Crippen LogP contribution is -2.42. The fourth-order valence-electron chi connectivity index (χ4n) is 2.59. The van der Waals surface area contributed by atoms with Crippen molar-refractivity contribution >= 4 is 0 Å². The van der Waals surface area contributed by atoms with E-state index in [1.807, 2.05) is 0 Å². The van der Waals surface area contributed by atoms with E-state index < -0.39 is 0 Å². The Morgan fingerprint density at radius 2 is 2.07 bits per heavy atom. The molecule has 2 heteroatoms. The lowest BCUT2D eigenvalue weighted by atomic mass is 9.81. The van der Waals surface area contributed by atoms with Crippen molar-refractivity contribution in [1.29, 1.82) is 0 Å². The fraction of sp³-hybridized carbons (Fsp3) is 1.00. The summed E-state index contributed by atoms with van der Waals surface area (Å²) >= 11 is 0. The van der Waals surface area contributed by atoms with Crippen molar-refractivity contribution in [1.82, 2.24) is 0 Å². The van der Waals surface area contributed by atoms with Crippen molar-refractivity contribution < 1.29 is 5.11 Å². The molecule has 0 saturated heterocycles. The summed E-state index contributed by atoms with van der Waals surface area (Å²) < 4.78 is 0. The van der Waals surface area contributed by atoms with Gasteiger partial charge < -0.3 is 10.8 Å². The first-order chi connectivity index (χ1) is 6.65. The fourth-order valence-corrected chi connectivity index (χ4v) is 2.59. The SMILES string of the molecule is CCCC1CCCC(C)C(N)C(O)C1. The topological polar surface area (TPSA) is 46.2 Å². The molecule has 3 N–H and O–H groups in total. The Balaban J connectivity index is 2.48. The number of hydrogen-bond acceptors (Lipinski definition) is 2. The monoisotopic (exact) mass is 199 g/mol. The van der Waals surface area contributed by atoms with Gasteiger partial charge in [-0.2, -0.15) is 0 Å². The first-order valence-corrected chi connectivity index (χ1v) is 6.08. The van der Waals surface area contributed by atoms with Crippen LogP contribution >= 0.6 is 0 Å². The van der Waals surface area contributed by atoms with Gasteiger partial charge in [-0.15, -0.1) is 0 Å². The van der Waals surface area contributed by atoms with Crippen LogP contribution in [0.25, 0.3) is 0 Å². The van der Waals surface area contributed by atoms with E-state index in [4.69, 9.17) is 5.73 Å². The number of hydrogen-bond donors (Lipinski definition) is 2. The molecule has 0 amide bonds. The zero-order chi connectivity index (χ0) is 10.6. The third kappa shape index (κ3) is 3.25. The van der Waals surface area contributed by atoms with Gasteiger partial charge in [0.2, 0.25) is 0 Å². The van der Waals surface area contributed by atoms with Crippen LogP contribution in [-0.2, 0) is 0 Å². The quantitative estimate of drug-likeness (QED) is 0.717. The van der Waals surface area contributed by atoms with E-state index in [-0.39, 0.29) is 12.1 Å². The summed E-state index contributed by atoms with van der Waals surface area (Å²) in [5.41, 5.74) is 6.00. The zero-order valence-electron chi connectivity index (χ0n) is 9.58. The minimum Gasteiger partial charge on any atom is -0.391 e. The zero-order valence-corrected chi connectivity index (χ0v) is 9.58. The van der Waals surface area contributed by atoms with Gasteiger partial charge in [-0.25, -0.2) is 0 Å². The van der Waals surface area contributed by atoms with E-state index in [1.54, 1.807) is 0 Å². The summed E-state index contributed by atoms with van der Waals surface area (Å²) in [4.78, 5) is 0. The number of nitrogens with two attached hydrogens (primary N) is 1. The molecule has 2 nitrogen and oxygen atoms in total. The summed E-state index contributed by atoms with van der Waals surface area (Å²) in [7, 11) is 0. The summed E-state index contributed by atoms with van der Waals surface area (Å²) in [6.45, 7) is 4.38. The van der Waals surface area contributed by atoms with Crippen LogP contribution in [-0.4, -0.2) is 17.3 Å². The summed E-state index contributed by atoms with van der Waals surface area (Å²) in [5.74, 6) is 1.18. The largest absolute Gasteiger partial charge is 0.391 e. The molecule has 14 heavy (non-hydrogen) atoms. The maximum Gasteiger partial charge on any atom is 0.0696 e. The molecule has 0 aliphatic heterocycles. The van der Waals surface area contributed by atoms with Gasteiger partial charge in [0.25, 0.3) is 0 Å². The third-order valence-electron chi connectivity index (χ3n) is 3.64. The Hall–Kier alpha value is -0.0800. The van der Waals surface area contributed by atoms with Crippen LogP contribution in [0.15, 0.2) is 0 Å². The Bertz CT molecular complexity index is 160. The van der Waals surface area contributed by atoms with Crippen LogP contribution in [0.4, 0.5) is 0 Å². The van der Waals surface area contributed by atoms with Gasteiger partial charge in [-0.1, -0.05) is 39.5 Å². The van der Waals surface area contributed by atoms with Gasteiger partial charge in [0, 0.05) is 6.04 Å². The van der Waals surface area contributed by atoms with Gasteiger partial charge in [0.1, 0.15) is 0 Å². The summed E-state index contributed by atoms with van der Waals surface area (Å²) in [5, 5.41) is 9.93. The van der Waals surface area contributed by atoms with Gasteiger partial charge >= 0.3 is 0 Å². The Morgan fingerprint density at radius 1 is 1.36 bits per heavy atom. The smallest absolute Gasteiger partial charge is 0.0696 e. The van der Waals surface area contributed by atoms with Crippen molar-refractivity contribution in [3.05, 3.63) is 0 Å². The minimum atomic E-state index is -0.276. The first-order valence-electron chi connectivity index (χ1n) is 6.08. The van der Waals surface area contributed by atoms with Crippen molar-refractivity contribution in [2.24, 2.45) is 17.6 Å². The highest BCUT2D eigenvalue weighted by Gasteiger charge is 2.26. The average Bonchev–Trinajstić information content (AvgIpc) is 2.15. The van der Waals surface area contributed by atoms with Crippen molar-refractivity contribution in [3.8, 4) is 0 Å². The molecule has 0 aromatic rings. The highest BCUT2D eigenvalue weighted by molar-refractivity contribution is 4.82. The van der Waals surface area contributed by atoms with Gasteiger partial charge in [-0.3, -0.25) is 0 Å². The van der Waals surface area contributed by atoms with Crippen LogP contribution in [0.5, 0.6) is 0 Å². The van der Waals surface area contributed by atoms with E-state index in [9.17, 15) is 5.11 Å². The Labute approximate surface area is 87.9 Å². The number of rotatable bonds is 2. The molecule has 0 spiro atoms. The highest BCUT2D eigenvalue weighted by atomic mass is 16.3. The van der Waals surface area contributed by atoms with Crippen molar-refractivity contribution in [3.63, 3.8) is 0 Å². The Kier molecular flexibility index (Phi) is 4.90. The van der Waals surface area contributed by atoms with Crippen LogP contribution in [0.1, 0.15) is 52.4 Å². The molecule has 4 atom stereocenters. The van der Waals surface area contributed by atoms with Crippen LogP contribution < -0.4 is 5.73 Å². The maximum atomic E-state index is 9.93. The van der Waals surface area contributed by atoms with Crippen molar-refractivity contribution in [2.45, 2.75) is 64.5 Å². The first kappa shape index (κ1) is 12.0. The highest BCUT2D eigenvalue weighted by Crippen LogP contribution is 2.28. The molecule has 1 aliphatic rings. The second-order valence-corrected chi connectivity index (χ2v) is 4.94. The lowest BCUT2D eigenvalue weighted by molar-refractivity contribution is 0.0771. The Morgan fingerprint density at radius 3 is 2.71 bits per heavy atom. The van der Waals surface area contributed by atoms with Gasteiger partial charge in [0.15, 0.2) is 0 Å². The number of aliphatic hydroxyl groups is 1. The maximum absolute atomic E-state index is 9.93. The summed E-state index contributed by atoms with van der Waals surface area (Å²) in [6.07, 6.45) is 6.86. The third-order valence-corrected chi connectivity index (χ3v) is 3.64. The molecule has 1 fully saturated rings. The van der Waals surface area contributed by atoms with E-state index in [2.05, 4.69) is 13.8 Å². The van der Waals surface area contributed by atoms with E-state index in [1.165, 1.54) is 32.1 Å². The van der Waals surface area contributed by atoms with E-state index >= 15 is 0 Å². The van der Waals surface area contributed by atoms with Crippen LogP contribution in [0.2, 0.25) is 0 Å². The second-order valence-electron chi connectivity index (χ2n) is 4.94. The van der Waals surface area contributed by atoms with Crippen LogP contribution in [0.3, 0.4) is 0 Å². The lowest BCUT2D eigenvalue weighted by Gasteiger charge is -2.31. The molecule has 1 aliphatic carbocycles. The summed E-state index contributed by atoms with van der Waals surface area (Å²) in [6, 6.07) is -0.00495. The molecule has 1 saturated carbocycles. The standard InChI is InChI=1S/C12H25NO/c1-3-5-10-7-4-6-9(2)12(13)11(14)8-10/h9-12,14H,3-8,13H2,1-2H3. The number of aliphatic hydroxyl groups excluding tert-OH is 1. The van der Waals surface area contributed by atoms with Crippen LogP contribution in [0, 0.1) is 11.8 Å². The second kappa shape index (κ2) is 5.72. The van der Waals surface area contributed by atoms with E-state index in [0.717, 1.165) is 6.42 Å². The molecule has 84 valence electrons. The van der Waals surface area contributed by atoms with Gasteiger partial charge in [0.05, 0.1) is 6.10 Å². The molecule has 0 aromatic heterocycles. The predicted molar refractivity (Wildman–Crippen MR) is 60.0 cm³/mol. The molecule has 1 rings (SSSR count). The molecular formula is C12H25NO. The van der Waals surface area contributed by atoms with Crippen molar-refractivity contribution in [2.75, 3.05) is 0 Å². The van der Waals surface area contributed by atoms with Gasteiger partial charge in [-0.05, 0) is 24.7 Å².